The minimum atomic E-state index is -0.294. The number of hydrogen-bond donors (Lipinski definition) is 2. The van der Waals surface area contributed by atoms with Crippen molar-refractivity contribution >= 4 is 23.7 Å². The third-order valence-electron chi connectivity index (χ3n) is 3.92. The van der Waals surface area contributed by atoms with E-state index in [4.69, 9.17) is 0 Å². The lowest BCUT2D eigenvalue weighted by Crippen LogP contribution is -2.45. The van der Waals surface area contributed by atoms with Crippen molar-refractivity contribution < 1.29 is 9.50 Å². The van der Waals surface area contributed by atoms with Gasteiger partial charge in [-0.05, 0) is 36.1 Å². The number of phenols is 1. The van der Waals surface area contributed by atoms with Gasteiger partial charge >= 0.3 is 0 Å². The van der Waals surface area contributed by atoms with Crippen molar-refractivity contribution in [2.24, 2.45) is 0 Å². The molecule has 0 amide bonds. The first-order valence-corrected chi connectivity index (χ1v) is 8.02. The van der Waals surface area contributed by atoms with Crippen LogP contribution in [0.15, 0.2) is 29.6 Å². The molecule has 1 atom stereocenters. The number of thiophene rings is 1. The summed E-state index contributed by atoms with van der Waals surface area (Å²) in [6.07, 6.45) is 0. The smallest absolute Gasteiger partial charge is 0.124 e. The SMILES string of the molecule is Cc1cc(F)cc([C@@H](c2cccs2)N2CCNCC2)c1O.Cl. The number of benzene rings is 1. The van der Waals surface area contributed by atoms with Crippen LogP contribution in [0.1, 0.15) is 22.0 Å². The van der Waals surface area contributed by atoms with E-state index in [9.17, 15) is 9.50 Å². The highest BCUT2D eigenvalue weighted by atomic mass is 35.5. The molecular formula is C16H20ClFN2OS. The van der Waals surface area contributed by atoms with Gasteiger partial charge in [-0.15, -0.1) is 23.7 Å². The summed E-state index contributed by atoms with van der Waals surface area (Å²) in [6, 6.07) is 6.81. The lowest BCUT2D eigenvalue weighted by molar-refractivity contribution is 0.197. The molecule has 0 aliphatic carbocycles. The van der Waals surface area contributed by atoms with Gasteiger partial charge in [0.25, 0.3) is 0 Å². The molecule has 1 saturated heterocycles. The molecule has 2 aromatic rings. The van der Waals surface area contributed by atoms with Crippen LogP contribution in [0.3, 0.4) is 0 Å². The molecule has 1 aromatic heterocycles. The summed E-state index contributed by atoms with van der Waals surface area (Å²) in [4.78, 5) is 3.44. The lowest BCUT2D eigenvalue weighted by Gasteiger charge is -2.35. The second-order valence-corrected chi connectivity index (χ2v) is 6.34. The maximum Gasteiger partial charge on any atom is 0.124 e. The molecule has 0 radical (unpaired) electrons. The molecule has 3 rings (SSSR count). The molecule has 22 heavy (non-hydrogen) atoms. The highest BCUT2D eigenvalue weighted by Gasteiger charge is 2.27. The van der Waals surface area contributed by atoms with E-state index in [2.05, 4.69) is 16.3 Å². The number of nitrogens with zero attached hydrogens (tertiary/aromatic N) is 1. The summed E-state index contributed by atoms with van der Waals surface area (Å²) in [5.74, 6) is -0.0923. The number of piperazine rings is 1. The molecule has 0 unspecified atom stereocenters. The number of halogens is 2. The van der Waals surface area contributed by atoms with E-state index in [1.54, 1.807) is 18.3 Å². The van der Waals surface area contributed by atoms with Crippen molar-refractivity contribution in [3.05, 3.63) is 51.5 Å². The van der Waals surface area contributed by atoms with E-state index >= 15 is 0 Å². The number of phenolic OH excluding ortho intramolecular Hbond substituents is 1. The number of rotatable bonds is 3. The van der Waals surface area contributed by atoms with E-state index in [1.807, 2.05) is 11.4 Å². The Hall–Kier alpha value is -1.14. The molecule has 0 spiro atoms. The summed E-state index contributed by atoms with van der Waals surface area (Å²) in [6.45, 7) is 5.34. The quantitative estimate of drug-likeness (QED) is 0.898. The Kier molecular flexibility index (Phi) is 5.81. The van der Waals surface area contributed by atoms with Crippen molar-refractivity contribution in [3.63, 3.8) is 0 Å². The summed E-state index contributed by atoms with van der Waals surface area (Å²) < 4.78 is 13.8. The minimum Gasteiger partial charge on any atom is -0.507 e. The van der Waals surface area contributed by atoms with Crippen LogP contribution in [0.4, 0.5) is 4.39 Å². The zero-order chi connectivity index (χ0) is 14.8. The van der Waals surface area contributed by atoms with Gasteiger partial charge in [0.05, 0.1) is 6.04 Å². The van der Waals surface area contributed by atoms with E-state index < -0.39 is 0 Å². The topological polar surface area (TPSA) is 35.5 Å². The van der Waals surface area contributed by atoms with Crippen LogP contribution in [0.25, 0.3) is 0 Å². The van der Waals surface area contributed by atoms with Crippen molar-refractivity contribution in [1.29, 1.82) is 0 Å². The first-order valence-electron chi connectivity index (χ1n) is 7.14. The molecule has 0 saturated carbocycles. The fraction of sp³-hybridized carbons (Fsp3) is 0.375. The van der Waals surface area contributed by atoms with Gasteiger partial charge < -0.3 is 10.4 Å². The molecule has 1 fully saturated rings. The molecular weight excluding hydrogens is 323 g/mol. The average molecular weight is 343 g/mol. The predicted molar refractivity (Wildman–Crippen MR) is 90.7 cm³/mol. The van der Waals surface area contributed by atoms with Crippen LogP contribution in [0.2, 0.25) is 0 Å². The molecule has 0 bridgehead atoms. The van der Waals surface area contributed by atoms with Crippen LogP contribution < -0.4 is 5.32 Å². The molecule has 6 heteroatoms. The van der Waals surface area contributed by atoms with Crippen molar-refractivity contribution in [1.82, 2.24) is 10.2 Å². The lowest BCUT2D eigenvalue weighted by atomic mass is 9.99. The Balaban J connectivity index is 0.00000176. The summed E-state index contributed by atoms with van der Waals surface area (Å²) >= 11 is 1.64. The van der Waals surface area contributed by atoms with Crippen molar-refractivity contribution in [2.45, 2.75) is 13.0 Å². The standard InChI is InChI=1S/C16H19FN2OS.ClH/c1-11-9-12(17)10-13(16(11)20)15(14-3-2-8-21-14)19-6-4-18-5-7-19;/h2-3,8-10,15,18,20H,4-7H2,1H3;1H/t15-;/m0./s1. The maximum atomic E-state index is 13.8. The fourth-order valence-electron chi connectivity index (χ4n) is 2.89. The maximum absolute atomic E-state index is 13.8. The highest BCUT2D eigenvalue weighted by molar-refractivity contribution is 7.10. The molecule has 1 aliphatic heterocycles. The average Bonchev–Trinajstić information content (AvgIpc) is 2.99. The predicted octanol–water partition coefficient (Wildman–Crippen LogP) is 3.32. The molecule has 1 aromatic carbocycles. The summed E-state index contributed by atoms with van der Waals surface area (Å²) in [5.41, 5.74) is 1.25. The molecule has 3 nitrogen and oxygen atoms in total. The second-order valence-electron chi connectivity index (χ2n) is 5.36. The largest absolute Gasteiger partial charge is 0.507 e. The van der Waals surface area contributed by atoms with Crippen LogP contribution in [0.5, 0.6) is 5.75 Å². The van der Waals surface area contributed by atoms with Gasteiger partial charge in [0.15, 0.2) is 0 Å². The monoisotopic (exact) mass is 342 g/mol. The van der Waals surface area contributed by atoms with Gasteiger partial charge in [0, 0.05) is 36.6 Å². The highest BCUT2D eigenvalue weighted by Crippen LogP contribution is 2.38. The van der Waals surface area contributed by atoms with Gasteiger partial charge in [0.2, 0.25) is 0 Å². The van der Waals surface area contributed by atoms with E-state index in [0.717, 1.165) is 31.1 Å². The number of aryl methyl sites for hydroxylation is 1. The first-order chi connectivity index (χ1) is 10.2. The third-order valence-corrected chi connectivity index (χ3v) is 4.84. The Morgan fingerprint density at radius 3 is 2.68 bits per heavy atom. The van der Waals surface area contributed by atoms with Gasteiger partial charge in [-0.25, -0.2) is 4.39 Å². The Bertz CT molecular complexity index is 615. The number of aromatic hydroxyl groups is 1. The van der Waals surface area contributed by atoms with E-state index in [0.29, 0.717) is 11.1 Å². The van der Waals surface area contributed by atoms with E-state index in [1.165, 1.54) is 12.1 Å². The number of hydrogen-bond acceptors (Lipinski definition) is 4. The van der Waals surface area contributed by atoms with Gasteiger partial charge in [-0.1, -0.05) is 6.07 Å². The third kappa shape index (κ3) is 3.43. The Labute approximate surface area is 140 Å². The summed E-state index contributed by atoms with van der Waals surface area (Å²) in [7, 11) is 0. The molecule has 2 heterocycles. The van der Waals surface area contributed by atoms with Crippen LogP contribution in [-0.2, 0) is 0 Å². The van der Waals surface area contributed by atoms with Gasteiger partial charge in [-0.3, -0.25) is 4.90 Å². The molecule has 2 N–H and O–H groups in total. The van der Waals surface area contributed by atoms with Crippen LogP contribution in [0, 0.1) is 12.7 Å². The second kappa shape index (κ2) is 7.42. The van der Waals surface area contributed by atoms with Crippen molar-refractivity contribution in [3.8, 4) is 5.75 Å². The van der Waals surface area contributed by atoms with Crippen LogP contribution in [-0.4, -0.2) is 36.2 Å². The van der Waals surface area contributed by atoms with Crippen molar-refractivity contribution in [2.75, 3.05) is 26.2 Å². The van der Waals surface area contributed by atoms with Crippen LogP contribution >= 0.6 is 23.7 Å². The van der Waals surface area contributed by atoms with Gasteiger partial charge in [-0.2, -0.15) is 0 Å². The zero-order valence-corrected chi connectivity index (χ0v) is 14.0. The zero-order valence-electron chi connectivity index (χ0n) is 12.4. The Morgan fingerprint density at radius 1 is 1.32 bits per heavy atom. The minimum absolute atomic E-state index is 0. The molecule has 120 valence electrons. The summed E-state index contributed by atoms with van der Waals surface area (Å²) in [5, 5.41) is 15.8. The van der Waals surface area contributed by atoms with Gasteiger partial charge in [0.1, 0.15) is 11.6 Å². The molecule has 1 aliphatic rings. The normalized spacial score (nSPS) is 17.0. The first kappa shape index (κ1) is 17.2. The van der Waals surface area contributed by atoms with E-state index in [-0.39, 0.29) is 30.0 Å². The Morgan fingerprint density at radius 2 is 2.05 bits per heavy atom. The number of nitrogens with one attached hydrogen (secondary N) is 1. The fourth-order valence-corrected chi connectivity index (χ4v) is 3.76.